The quantitative estimate of drug-likeness (QED) is 0.656. The van der Waals surface area contributed by atoms with Gasteiger partial charge in [-0.05, 0) is 32.1 Å². The third-order valence-electron chi connectivity index (χ3n) is 2.78. The van der Waals surface area contributed by atoms with E-state index >= 15 is 0 Å². The van der Waals surface area contributed by atoms with Crippen LogP contribution in [0.4, 0.5) is 0 Å². The Hall–Kier alpha value is -0.700. The standard InChI is InChI=1S/C13H18O2S/c1-13(2,3)15-12(14)10-8-16-11-7-5-4-6-9(10)11/h4-5,7,9-10H,6,8H2,1-3H3. The maximum Gasteiger partial charge on any atom is 0.310 e. The second kappa shape index (κ2) is 4.28. The maximum atomic E-state index is 12.0. The molecule has 1 fully saturated rings. The lowest BCUT2D eigenvalue weighted by molar-refractivity contribution is -0.160. The number of hydrogen-bond acceptors (Lipinski definition) is 3. The van der Waals surface area contributed by atoms with Crippen LogP contribution in [-0.2, 0) is 9.53 Å². The monoisotopic (exact) mass is 238 g/mol. The molecular formula is C13H18O2S. The van der Waals surface area contributed by atoms with Gasteiger partial charge in [0, 0.05) is 11.7 Å². The van der Waals surface area contributed by atoms with E-state index in [9.17, 15) is 4.79 Å². The van der Waals surface area contributed by atoms with Gasteiger partial charge in [0.25, 0.3) is 0 Å². The van der Waals surface area contributed by atoms with E-state index in [4.69, 9.17) is 4.74 Å². The van der Waals surface area contributed by atoms with Crippen molar-refractivity contribution in [3.8, 4) is 0 Å². The van der Waals surface area contributed by atoms with Crippen molar-refractivity contribution >= 4 is 17.7 Å². The van der Waals surface area contributed by atoms with Crippen molar-refractivity contribution in [2.24, 2.45) is 11.8 Å². The third-order valence-corrected chi connectivity index (χ3v) is 4.07. The summed E-state index contributed by atoms with van der Waals surface area (Å²) >= 11 is 1.80. The fourth-order valence-corrected chi connectivity index (χ4v) is 3.45. The normalized spacial score (nSPS) is 28.6. The largest absolute Gasteiger partial charge is 0.460 e. The average molecular weight is 238 g/mol. The smallest absolute Gasteiger partial charge is 0.310 e. The van der Waals surface area contributed by atoms with E-state index in [-0.39, 0.29) is 17.5 Å². The highest BCUT2D eigenvalue weighted by atomic mass is 32.2. The molecule has 1 saturated heterocycles. The molecule has 0 saturated carbocycles. The lowest BCUT2D eigenvalue weighted by Crippen LogP contribution is -2.31. The molecule has 1 aliphatic heterocycles. The molecule has 16 heavy (non-hydrogen) atoms. The Morgan fingerprint density at radius 2 is 2.25 bits per heavy atom. The van der Waals surface area contributed by atoms with E-state index in [1.165, 1.54) is 4.91 Å². The second-order valence-corrected chi connectivity index (χ2v) is 6.38. The topological polar surface area (TPSA) is 26.3 Å². The fourth-order valence-electron chi connectivity index (χ4n) is 2.06. The number of ether oxygens (including phenoxy) is 1. The Morgan fingerprint density at radius 1 is 1.50 bits per heavy atom. The van der Waals surface area contributed by atoms with Gasteiger partial charge in [-0.3, -0.25) is 4.79 Å². The molecule has 0 bridgehead atoms. The van der Waals surface area contributed by atoms with Crippen molar-refractivity contribution in [1.29, 1.82) is 0 Å². The van der Waals surface area contributed by atoms with E-state index in [0.717, 1.165) is 12.2 Å². The van der Waals surface area contributed by atoms with Crippen molar-refractivity contribution in [2.75, 3.05) is 5.75 Å². The van der Waals surface area contributed by atoms with Gasteiger partial charge in [0.1, 0.15) is 5.60 Å². The Kier molecular flexibility index (Phi) is 3.15. The molecule has 0 aromatic carbocycles. The van der Waals surface area contributed by atoms with Gasteiger partial charge in [-0.25, -0.2) is 0 Å². The average Bonchev–Trinajstić information content (AvgIpc) is 2.58. The SMILES string of the molecule is CC(C)(C)OC(=O)C1CSC2=CC=CCC21. The Bertz CT molecular complexity index is 349. The predicted octanol–water partition coefficient (Wildman–Crippen LogP) is 3.15. The van der Waals surface area contributed by atoms with Crippen LogP contribution in [-0.4, -0.2) is 17.3 Å². The summed E-state index contributed by atoms with van der Waals surface area (Å²) in [5, 5.41) is 0. The highest BCUT2D eigenvalue weighted by molar-refractivity contribution is 8.03. The van der Waals surface area contributed by atoms with E-state index in [0.29, 0.717) is 5.92 Å². The van der Waals surface area contributed by atoms with E-state index < -0.39 is 0 Å². The number of hydrogen-bond donors (Lipinski definition) is 0. The number of allylic oxidation sites excluding steroid dienone is 4. The number of carbonyl (C=O) groups is 1. The molecule has 2 atom stereocenters. The van der Waals surface area contributed by atoms with Gasteiger partial charge in [0.15, 0.2) is 0 Å². The molecule has 2 unspecified atom stereocenters. The first kappa shape index (κ1) is 11.8. The summed E-state index contributed by atoms with van der Waals surface area (Å²) in [7, 11) is 0. The van der Waals surface area contributed by atoms with E-state index in [1.54, 1.807) is 11.8 Å². The van der Waals surface area contributed by atoms with Crippen LogP contribution in [0.5, 0.6) is 0 Å². The molecular weight excluding hydrogens is 220 g/mol. The van der Waals surface area contributed by atoms with E-state index in [1.807, 2.05) is 20.8 Å². The number of rotatable bonds is 1. The minimum Gasteiger partial charge on any atom is -0.460 e. The zero-order valence-electron chi connectivity index (χ0n) is 10.0. The van der Waals surface area contributed by atoms with Crippen LogP contribution in [0.3, 0.4) is 0 Å². The highest BCUT2D eigenvalue weighted by Crippen LogP contribution is 2.45. The summed E-state index contributed by atoms with van der Waals surface area (Å²) in [6, 6.07) is 0. The Morgan fingerprint density at radius 3 is 2.94 bits per heavy atom. The first-order valence-corrected chi connectivity index (χ1v) is 6.68. The zero-order valence-corrected chi connectivity index (χ0v) is 10.8. The molecule has 88 valence electrons. The molecule has 2 rings (SSSR count). The van der Waals surface area contributed by atoms with Crippen LogP contribution in [0.2, 0.25) is 0 Å². The first-order valence-electron chi connectivity index (χ1n) is 5.70. The minimum absolute atomic E-state index is 0.0382. The number of fused-ring (bicyclic) bond motifs is 1. The summed E-state index contributed by atoms with van der Waals surface area (Å²) < 4.78 is 5.47. The molecule has 2 aliphatic rings. The zero-order chi connectivity index (χ0) is 11.8. The maximum absolute atomic E-state index is 12.0. The molecule has 0 N–H and O–H groups in total. The van der Waals surface area contributed by atoms with Gasteiger partial charge >= 0.3 is 5.97 Å². The second-order valence-electron chi connectivity index (χ2n) is 5.29. The molecule has 0 spiro atoms. The molecule has 0 aromatic heterocycles. The summed E-state index contributed by atoms with van der Waals surface area (Å²) in [5.41, 5.74) is -0.376. The minimum atomic E-state index is -0.376. The van der Waals surface area contributed by atoms with Crippen LogP contribution in [0.15, 0.2) is 23.1 Å². The number of carbonyl (C=O) groups excluding carboxylic acids is 1. The summed E-state index contributed by atoms with van der Waals surface area (Å²) in [4.78, 5) is 13.4. The van der Waals surface area contributed by atoms with Crippen LogP contribution >= 0.6 is 11.8 Å². The summed E-state index contributed by atoms with van der Waals surface area (Å²) in [6.45, 7) is 5.76. The molecule has 2 nitrogen and oxygen atoms in total. The van der Waals surface area contributed by atoms with Gasteiger partial charge in [0.2, 0.25) is 0 Å². The van der Waals surface area contributed by atoms with Crippen LogP contribution < -0.4 is 0 Å². The van der Waals surface area contributed by atoms with Crippen LogP contribution in [0.25, 0.3) is 0 Å². The van der Waals surface area contributed by atoms with Gasteiger partial charge in [-0.1, -0.05) is 18.2 Å². The number of esters is 1. The van der Waals surface area contributed by atoms with Gasteiger partial charge in [0.05, 0.1) is 5.92 Å². The first-order chi connectivity index (χ1) is 7.47. The lowest BCUT2D eigenvalue weighted by Gasteiger charge is -2.25. The summed E-state index contributed by atoms with van der Waals surface area (Å²) in [5.74, 6) is 1.24. The van der Waals surface area contributed by atoms with Crippen LogP contribution in [0.1, 0.15) is 27.2 Å². The van der Waals surface area contributed by atoms with Gasteiger partial charge in [-0.15, -0.1) is 11.8 Å². The van der Waals surface area contributed by atoms with E-state index in [2.05, 4.69) is 18.2 Å². The Balaban J connectivity index is 2.04. The highest BCUT2D eigenvalue weighted by Gasteiger charge is 2.39. The Labute approximate surface area is 101 Å². The van der Waals surface area contributed by atoms with Crippen molar-refractivity contribution < 1.29 is 9.53 Å². The van der Waals surface area contributed by atoms with Crippen molar-refractivity contribution in [2.45, 2.75) is 32.8 Å². The third kappa shape index (κ3) is 2.51. The molecule has 0 amide bonds. The van der Waals surface area contributed by atoms with Crippen molar-refractivity contribution in [1.82, 2.24) is 0 Å². The van der Waals surface area contributed by atoms with Crippen LogP contribution in [0, 0.1) is 11.8 Å². The van der Waals surface area contributed by atoms with Crippen molar-refractivity contribution in [3.63, 3.8) is 0 Å². The predicted molar refractivity (Wildman–Crippen MR) is 67.1 cm³/mol. The molecule has 0 aromatic rings. The molecule has 0 radical (unpaired) electrons. The molecule has 3 heteroatoms. The fraction of sp³-hybridized carbons (Fsp3) is 0.615. The van der Waals surface area contributed by atoms with Gasteiger partial charge < -0.3 is 4.74 Å². The van der Waals surface area contributed by atoms with Gasteiger partial charge in [-0.2, -0.15) is 0 Å². The van der Waals surface area contributed by atoms with Crippen molar-refractivity contribution in [3.05, 3.63) is 23.1 Å². The number of thioether (sulfide) groups is 1. The molecule has 1 heterocycles. The molecule has 1 aliphatic carbocycles. The summed E-state index contributed by atoms with van der Waals surface area (Å²) in [6.07, 6.45) is 7.32. The lowest BCUT2D eigenvalue weighted by atomic mass is 9.88.